The first-order valence-corrected chi connectivity index (χ1v) is 6.62. The molecule has 18 heavy (non-hydrogen) atoms. The Morgan fingerprint density at radius 2 is 2.00 bits per heavy atom. The van der Waals surface area contributed by atoms with Crippen molar-refractivity contribution in [1.82, 2.24) is 5.43 Å². The van der Waals surface area contributed by atoms with E-state index in [2.05, 4.69) is 48.6 Å². The summed E-state index contributed by atoms with van der Waals surface area (Å²) in [7, 11) is 0. The Bertz CT molecular complexity index is 502. The van der Waals surface area contributed by atoms with Crippen molar-refractivity contribution in [2.45, 2.75) is 26.7 Å². The van der Waals surface area contributed by atoms with Crippen molar-refractivity contribution in [2.75, 3.05) is 0 Å². The maximum Gasteiger partial charge on any atom is 0.243 e. The van der Waals surface area contributed by atoms with Crippen molar-refractivity contribution in [1.29, 1.82) is 0 Å². The number of carbonyl (C=O) groups is 1. The number of nitrogens with one attached hydrogen (secondary N) is 1. The van der Waals surface area contributed by atoms with Crippen LogP contribution in [-0.2, 0) is 11.2 Å². The summed E-state index contributed by atoms with van der Waals surface area (Å²) in [6.45, 7) is 4.45. The highest BCUT2D eigenvalue weighted by Crippen LogP contribution is 2.43. The summed E-state index contributed by atoms with van der Waals surface area (Å²) in [5.41, 5.74) is 6.18. The quantitative estimate of drug-likeness (QED) is 0.868. The molecule has 94 valence electrons. The Balaban J connectivity index is 1.79. The molecule has 1 heterocycles. The second-order valence-electron chi connectivity index (χ2n) is 5.72. The number of hydrazone groups is 1. The van der Waals surface area contributed by atoms with E-state index in [9.17, 15) is 4.79 Å². The summed E-state index contributed by atoms with van der Waals surface area (Å²) < 4.78 is 0. The number of rotatable bonds is 3. The van der Waals surface area contributed by atoms with Gasteiger partial charge < -0.3 is 0 Å². The van der Waals surface area contributed by atoms with Crippen molar-refractivity contribution >= 4 is 11.6 Å². The molecule has 0 unspecified atom stereocenters. The van der Waals surface area contributed by atoms with Gasteiger partial charge in [-0.3, -0.25) is 4.79 Å². The summed E-state index contributed by atoms with van der Waals surface area (Å²) in [6, 6.07) is 8.60. The van der Waals surface area contributed by atoms with Crippen LogP contribution in [0, 0.1) is 17.8 Å². The third-order valence-electron chi connectivity index (χ3n) is 3.66. The molecule has 3 rings (SSSR count). The number of nitrogens with zero attached hydrogens (tertiary/aromatic N) is 1. The van der Waals surface area contributed by atoms with Gasteiger partial charge >= 0.3 is 0 Å². The van der Waals surface area contributed by atoms with E-state index in [0.29, 0.717) is 11.8 Å². The molecule has 1 N–H and O–H groups in total. The highest BCUT2D eigenvalue weighted by atomic mass is 16.2. The van der Waals surface area contributed by atoms with Crippen LogP contribution in [0.2, 0.25) is 0 Å². The first kappa shape index (κ1) is 11.5. The van der Waals surface area contributed by atoms with Crippen LogP contribution in [0.5, 0.6) is 0 Å². The normalized spacial score (nSPS) is 25.5. The van der Waals surface area contributed by atoms with Crippen molar-refractivity contribution in [3.63, 3.8) is 0 Å². The van der Waals surface area contributed by atoms with Gasteiger partial charge in [-0.25, -0.2) is 5.43 Å². The smallest absolute Gasteiger partial charge is 0.243 e. The third kappa shape index (κ3) is 2.05. The summed E-state index contributed by atoms with van der Waals surface area (Å²) in [4.78, 5) is 11.4. The lowest BCUT2D eigenvalue weighted by atomic mass is 9.98. The van der Waals surface area contributed by atoms with Gasteiger partial charge in [0.2, 0.25) is 5.91 Å². The number of amides is 1. The van der Waals surface area contributed by atoms with Crippen LogP contribution < -0.4 is 5.43 Å². The van der Waals surface area contributed by atoms with Crippen molar-refractivity contribution in [3.8, 4) is 0 Å². The molecule has 0 saturated heterocycles. The third-order valence-corrected chi connectivity index (χ3v) is 3.66. The highest BCUT2D eigenvalue weighted by Gasteiger charge is 2.49. The summed E-state index contributed by atoms with van der Waals surface area (Å²) in [5, 5.41) is 4.21. The minimum absolute atomic E-state index is 0.0835. The summed E-state index contributed by atoms with van der Waals surface area (Å²) >= 11 is 0. The number of fused-ring (bicyclic) bond motifs is 1. The summed E-state index contributed by atoms with van der Waals surface area (Å²) in [5.74, 6) is 1.29. The number of hydrogen-bond donors (Lipinski definition) is 1. The molecule has 1 aromatic rings. The molecule has 2 aliphatic rings. The average Bonchev–Trinajstić information content (AvgIpc) is 3.11. The van der Waals surface area contributed by atoms with Gasteiger partial charge in [-0.15, -0.1) is 0 Å². The minimum atomic E-state index is 0.0835. The van der Waals surface area contributed by atoms with Gasteiger partial charge in [-0.05, 0) is 29.9 Å². The van der Waals surface area contributed by atoms with Crippen molar-refractivity contribution in [3.05, 3.63) is 35.4 Å². The molecule has 1 fully saturated rings. The predicted molar refractivity (Wildman–Crippen MR) is 71.3 cm³/mol. The zero-order chi connectivity index (χ0) is 12.7. The van der Waals surface area contributed by atoms with Gasteiger partial charge in [0.15, 0.2) is 0 Å². The zero-order valence-electron chi connectivity index (χ0n) is 10.8. The first-order chi connectivity index (χ1) is 8.65. The van der Waals surface area contributed by atoms with Crippen molar-refractivity contribution < 1.29 is 4.79 Å². The molecule has 1 aliphatic carbocycles. The fourth-order valence-corrected chi connectivity index (χ4v) is 2.63. The number of benzene rings is 1. The Morgan fingerprint density at radius 1 is 1.28 bits per heavy atom. The zero-order valence-corrected chi connectivity index (χ0v) is 10.8. The van der Waals surface area contributed by atoms with Crippen LogP contribution in [0.3, 0.4) is 0 Å². The van der Waals surface area contributed by atoms with Crippen LogP contribution >= 0.6 is 0 Å². The van der Waals surface area contributed by atoms with Gasteiger partial charge in [0, 0.05) is 11.8 Å². The second-order valence-corrected chi connectivity index (χ2v) is 5.72. The van der Waals surface area contributed by atoms with Gasteiger partial charge in [0.1, 0.15) is 0 Å². The molecular weight excluding hydrogens is 224 g/mol. The van der Waals surface area contributed by atoms with Gasteiger partial charge in [0.25, 0.3) is 0 Å². The Morgan fingerprint density at radius 3 is 2.67 bits per heavy atom. The van der Waals surface area contributed by atoms with E-state index in [0.717, 1.165) is 24.1 Å². The molecule has 1 saturated carbocycles. The summed E-state index contributed by atoms with van der Waals surface area (Å²) in [6.07, 6.45) is 2.06. The maximum absolute atomic E-state index is 11.4. The second kappa shape index (κ2) is 4.23. The lowest BCUT2D eigenvalue weighted by molar-refractivity contribution is -0.122. The molecule has 0 spiro atoms. The molecule has 0 bridgehead atoms. The van der Waals surface area contributed by atoms with E-state index in [1.54, 1.807) is 0 Å². The molecule has 1 aromatic carbocycles. The first-order valence-electron chi connectivity index (χ1n) is 6.62. The topological polar surface area (TPSA) is 41.5 Å². The lowest BCUT2D eigenvalue weighted by Gasteiger charge is -2.12. The molecule has 2 atom stereocenters. The maximum atomic E-state index is 11.4. The number of hydrogen-bond acceptors (Lipinski definition) is 2. The van der Waals surface area contributed by atoms with E-state index in [-0.39, 0.29) is 11.8 Å². The Kier molecular flexibility index (Phi) is 2.69. The van der Waals surface area contributed by atoms with Crippen LogP contribution in [0.4, 0.5) is 0 Å². The lowest BCUT2D eigenvalue weighted by Crippen LogP contribution is -2.28. The van der Waals surface area contributed by atoms with Crippen LogP contribution in [0.1, 0.15) is 31.4 Å². The van der Waals surface area contributed by atoms with Crippen molar-refractivity contribution in [2.24, 2.45) is 22.9 Å². The van der Waals surface area contributed by atoms with E-state index in [4.69, 9.17) is 0 Å². The fourth-order valence-electron chi connectivity index (χ4n) is 2.63. The molecular formula is C15H18N2O. The Hall–Kier alpha value is -1.64. The van der Waals surface area contributed by atoms with Crippen LogP contribution in [0.25, 0.3) is 0 Å². The van der Waals surface area contributed by atoms with Gasteiger partial charge in [-0.2, -0.15) is 5.10 Å². The molecule has 0 radical (unpaired) electrons. The molecule has 1 amide bonds. The molecule has 3 nitrogen and oxygen atoms in total. The van der Waals surface area contributed by atoms with Gasteiger partial charge in [-0.1, -0.05) is 38.1 Å². The van der Waals surface area contributed by atoms with E-state index < -0.39 is 0 Å². The van der Waals surface area contributed by atoms with E-state index in [1.807, 2.05) is 0 Å². The molecule has 0 aromatic heterocycles. The molecule has 1 aliphatic heterocycles. The van der Waals surface area contributed by atoms with Crippen LogP contribution in [0.15, 0.2) is 29.4 Å². The Labute approximate surface area is 107 Å². The number of carbonyl (C=O) groups excluding carboxylic acids is 1. The van der Waals surface area contributed by atoms with Gasteiger partial charge in [0.05, 0.1) is 5.71 Å². The monoisotopic (exact) mass is 242 g/mol. The average molecular weight is 242 g/mol. The highest BCUT2D eigenvalue weighted by molar-refractivity contribution is 6.09. The van der Waals surface area contributed by atoms with Crippen LogP contribution in [-0.4, -0.2) is 11.6 Å². The standard InChI is InChI=1S/C15H18N2O/c1-9(2)7-10-3-5-11(6-4-10)14-12-8-13(12)15(18)17-16-14/h3-6,9,12-13H,7-8H2,1-2H3,(H,17,18)/t12-,13-/m0/s1. The largest absolute Gasteiger partial charge is 0.273 e. The minimum Gasteiger partial charge on any atom is -0.273 e. The predicted octanol–water partition coefficient (Wildman–Crippen LogP) is 2.36. The fraction of sp³-hybridized carbons (Fsp3) is 0.467. The SMILES string of the molecule is CC(C)Cc1ccc(C2=NNC(=O)[C@H]3C[C@H]23)cc1. The van der Waals surface area contributed by atoms with E-state index >= 15 is 0 Å². The molecule has 3 heteroatoms. The van der Waals surface area contributed by atoms with E-state index in [1.165, 1.54) is 5.56 Å².